The number of benzene rings is 2. The Morgan fingerprint density at radius 3 is 2.53 bits per heavy atom. The van der Waals surface area contributed by atoms with E-state index in [2.05, 4.69) is 15.3 Å². The van der Waals surface area contributed by atoms with Gasteiger partial charge in [-0.05, 0) is 30.9 Å². The Kier molecular flexibility index (Phi) is 5.79. The number of thioether (sulfide) groups is 1. The van der Waals surface area contributed by atoms with Crippen molar-refractivity contribution >= 4 is 29.1 Å². The number of ketones is 1. The van der Waals surface area contributed by atoms with Gasteiger partial charge in [0.2, 0.25) is 0 Å². The van der Waals surface area contributed by atoms with Gasteiger partial charge in [0, 0.05) is 41.5 Å². The molecule has 0 saturated heterocycles. The molecule has 1 atom stereocenters. The number of H-pyrrole nitrogens is 1. The molecule has 8 nitrogen and oxygen atoms in total. The number of anilines is 1. The summed E-state index contributed by atoms with van der Waals surface area (Å²) in [6, 6.07) is 14.2. The molecule has 34 heavy (non-hydrogen) atoms. The van der Waals surface area contributed by atoms with Crippen LogP contribution >= 0.6 is 11.8 Å². The lowest BCUT2D eigenvalue weighted by molar-refractivity contribution is -0.384. The van der Waals surface area contributed by atoms with Crippen LogP contribution in [0.4, 0.5) is 11.5 Å². The van der Waals surface area contributed by atoms with E-state index < -0.39 is 10.8 Å². The molecule has 9 heteroatoms. The predicted octanol–water partition coefficient (Wildman–Crippen LogP) is 4.84. The van der Waals surface area contributed by atoms with Gasteiger partial charge in [-0.2, -0.15) is 0 Å². The summed E-state index contributed by atoms with van der Waals surface area (Å²) < 4.78 is 0. The van der Waals surface area contributed by atoms with Crippen molar-refractivity contribution in [2.75, 3.05) is 5.32 Å². The summed E-state index contributed by atoms with van der Waals surface area (Å²) in [5.41, 5.74) is 4.61. The highest BCUT2D eigenvalue weighted by Crippen LogP contribution is 2.43. The minimum Gasteiger partial charge on any atom is -0.343 e. The first kappa shape index (κ1) is 22.1. The molecule has 1 aliphatic carbocycles. The average Bonchev–Trinajstić information content (AvgIpc) is 2.82. The van der Waals surface area contributed by atoms with E-state index in [4.69, 9.17) is 0 Å². The Balaban J connectivity index is 1.50. The number of aromatic nitrogens is 2. The number of rotatable bonds is 5. The third-order valence-corrected chi connectivity index (χ3v) is 7.11. The van der Waals surface area contributed by atoms with E-state index in [9.17, 15) is 19.7 Å². The lowest BCUT2D eigenvalue weighted by Crippen LogP contribution is -2.32. The molecule has 3 aromatic rings. The molecule has 2 N–H and O–H groups in total. The fourth-order valence-corrected chi connectivity index (χ4v) is 5.28. The number of aromatic amines is 1. The Morgan fingerprint density at radius 2 is 1.82 bits per heavy atom. The molecule has 5 rings (SSSR count). The van der Waals surface area contributed by atoms with Gasteiger partial charge in [0.15, 0.2) is 10.9 Å². The van der Waals surface area contributed by atoms with E-state index in [1.807, 2.05) is 31.2 Å². The molecule has 1 aliphatic heterocycles. The molecule has 0 unspecified atom stereocenters. The third kappa shape index (κ3) is 4.14. The van der Waals surface area contributed by atoms with Crippen LogP contribution in [-0.2, 0) is 10.5 Å². The van der Waals surface area contributed by atoms with Gasteiger partial charge in [-0.3, -0.25) is 19.7 Å². The molecule has 2 heterocycles. The minimum atomic E-state index is -0.454. The number of allylic oxidation sites excluding steroid dienone is 2. The predicted molar refractivity (Wildman–Crippen MR) is 130 cm³/mol. The second kappa shape index (κ2) is 8.90. The number of non-ortho nitro benzene ring substituents is 1. The van der Waals surface area contributed by atoms with E-state index in [1.54, 1.807) is 12.1 Å². The Labute approximate surface area is 199 Å². The van der Waals surface area contributed by atoms with Crippen LogP contribution in [0.15, 0.2) is 69.8 Å². The second-order valence-corrected chi connectivity index (χ2v) is 9.45. The SMILES string of the molecule is Cc1ccc([C@H]2C3=C(CCCC3=O)Nc3nc(SCc4ccc([N+](=O)[O-])cc4)[nH]c(=O)c32)cc1. The maximum absolute atomic E-state index is 13.3. The Morgan fingerprint density at radius 1 is 1.09 bits per heavy atom. The number of nitrogens with one attached hydrogen (secondary N) is 2. The summed E-state index contributed by atoms with van der Waals surface area (Å²) in [5.74, 6) is 0.590. The van der Waals surface area contributed by atoms with Crippen LogP contribution in [0.5, 0.6) is 0 Å². The number of nitro benzene ring substituents is 1. The Bertz CT molecular complexity index is 1380. The number of hydrogen-bond acceptors (Lipinski definition) is 7. The summed E-state index contributed by atoms with van der Waals surface area (Å²) in [6.07, 6.45) is 1.99. The van der Waals surface area contributed by atoms with Crippen LogP contribution in [0.2, 0.25) is 0 Å². The number of nitrogens with zero attached hydrogens (tertiary/aromatic N) is 2. The maximum Gasteiger partial charge on any atom is 0.269 e. The lowest BCUT2D eigenvalue weighted by Gasteiger charge is -2.32. The lowest BCUT2D eigenvalue weighted by atomic mass is 9.76. The monoisotopic (exact) mass is 474 g/mol. The fourth-order valence-electron chi connectivity index (χ4n) is 4.47. The van der Waals surface area contributed by atoms with Gasteiger partial charge in [-0.15, -0.1) is 0 Å². The molecule has 0 bridgehead atoms. The van der Waals surface area contributed by atoms with Crippen LogP contribution in [0, 0.1) is 17.0 Å². The van der Waals surface area contributed by atoms with Crippen LogP contribution < -0.4 is 10.9 Å². The zero-order chi connectivity index (χ0) is 23.8. The zero-order valence-electron chi connectivity index (χ0n) is 18.5. The maximum atomic E-state index is 13.3. The number of hydrogen-bond donors (Lipinski definition) is 2. The van der Waals surface area contributed by atoms with Crippen LogP contribution in [0.3, 0.4) is 0 Å². The highest BCUT2D eigenvalue weighted by Gasteiger charge is 2.37. The number of carbonyl (C=O) groups excluding carboxylic acids is 1. The largest absolute Gasteiger partial charge is 0.343 e. The van der Waals surface area contributed by atoms with E-state index >= 15 is 0 Å². The third-order valence-electron chi connectivity index (χ3n) is 6.17. The number of carbonyl (C=O) groups is 1. The highest BCUT2D eigenvalue weighted by molar-refractivity contribution is 7.98. The Hall–Kier alpha value is -3.72. The first-order chi connectivity index (χ1) is 16.4. The molecule has 0 spiro atoms. The quantitative estimate of drug-likeness (QED) is 0.235. The van der Waals surface area contributed by atoms with Crippen molar-refractivity contribution in [1.29, 1.82) is 0 Å². The van der Waals surface area contributed by atoms with Gasteiger partial charge >= 0.3 is 0 Å². The van der Waals surface area contributed by atoms with Gasteiger partial charge in [-0.25, -0.2) is 4.98 Å². The van der Waals surface area contributed by atoms with Gasteiger partial charge in [-0.1, -0.05) is 53.7 Å². The van der Waals surface area contributed by atoms with Crippen molar-refractivity contribution in [3.8, 4) is 0 Å². The molecule has 0 saturated carbocycles. The number of Topliss-reactive ketones (excluding diaryl/α,β-unsaturated/α-hetero) is 1. The minimum absolute atomic E-state index is 0.0338. The van der Waals surface area contributed by atoms with Crippen LogP contribution in [-0.4, -0.2) is 20.7 Å². The average molecular weight is 475 g/mol. The van der Waals surface area contributed by atoms with Crippen molar-refractivity contribution in [2.45, 2.75) is 43.0 Å². The van der Waals surface area contributed by atoms with Crippen molar-refractivity contribution in [1.82, 2.24) is 9.97 Å². The van der Waals surface area contributed by atoms with Crippen molar-refractivity contribution < 1.29 is 9.72 Å². The van der Waals surface area contributed by atoms with E-state index in [1.165, 1.54) is 23.9 Å². The smallest absolute Gasteiger partial charge is 0.269 e. The summed E-state index contributed by atoms with van der Waals surface area (Å²) in [5, 5.41) is 14.6. The van der Waals surface area contributed by atoms with Crippen molar-refractivity contribution in [3.05, 3.63) is 103 Å². The van der Waals surface area contributed by atoms with Gasteiger partial charge < -0.3 is 10.3 Å². The van der Waals surface area contributed by atoms with Gasteiger partial charge in [0.05, 0.1) is 10.5 Å². The molecule has 0 amide bonds. The summed E-state index contributed by atoms with van der Waals surface area (Å²) >= 11 is 1.34. The molecular weight excluding hydrogens is 452 g/mol. The standard InChI is InChI=1S/C25H22N4O4S/c1-14-5-9-16(10-6-14)20-21-18(3-2-4-19(21)30)26-23-22(20)24(31)28-25(27-23)34-13-15-7-11-17(12-8-15)29(32)33/h5-12,20H,2-4,13H2,1H3,(H2,26,27,28,31)/t20-/m0/s1. The van der Waals surface area contributed by atoms with E-state index in [0.717, 1.165) is 35.2 Å². The molecule has 2 aliphatic rings. The molecule has 0 fully saturated rings. The fraction of sp³-hybridized carbons (Fsp3) is 0.240. The van der Waals surface area contributed by atoms with E-state index in [0.29, 0.717) is 34.3 Å². The first-order valence-corrected chi connectivity index (χ1v) is 12.0. The topological polar surface area (TPSA) is 118 Å². The zero-order valence-corrected chi connectivity index (χ0v) is 19.3. The molecule has 0 radical (unpaired) electrons. The van der Waals surface area contributed by atoms with Crippen molar-refractivity contribution in [3.63, 3.8) is 0 Å². The van der Waals surface area contributed by atoms with Gasteiger partial charge in [0.25, 0.3) is 11.2 Å². The number of nitro groups is 1. The molecule has 1 aromatic heterocycles. The summed E-state index contributed by atoms with van der Waals surface area (Å²) in [7, 11) is 0. The van der Waals surface area contributed by atoms with Gasteiger partial charge in [0.1, 0.15) is 5.82 Å². The van der Waals surface area contributed by atoms with E-state index in [-0.39, 0.29) is 17.0 Å². The second-order valence-electron chi connectivity index (χ2n) is 8.48. The molecular formula is C25H22N4O4S. The highest BCUT2D eigenvalue weighted by atomic mass is 32.2. The number of aryl methyl sites for hydroxylation is 1. The van der Waals surface area contributed by atoms with Crippen LogP contribution in [0.25, 0.3) is 0 Å². The first-order valence-electron chi connectivity index (χ1n) is 11.0. The van der Waals surface area contributed by atoms with Crippen LogP contribution in [0.1, 0.15) is 47.4 Å². The number of fused-ring (bicyclic) bond motifs is 1. The molecule has 172 valence electrons. The van der Waals surface area contributed by atoms with Crippen molar-refractivity contribution in [2.24, 2.45) is 0 Å². The summed E-state index contributed by atoms with van der Waals surface area (Å²) in [4.78, 5) is 44.2. The normalized spacial score (nSPS) is 17.1. The summed E-state index contributed by atoms with van der Waals surface area (Å²) in [6.45, 7) is 2.00. The molecule has 2 aromatic carbocycles.